The van der Waals surface area contributed by atoms with Gasteiger partial charge in [0.1, 0.15) is 11.1 Å². The fourth-order valence-electron chi connectivity index (χ4n) is 3.11. The van der Waals surface area contributed by atoms with Crippen LogP contribution >= 0.6 is 11.8 Å². The van der Waals surface area contributed by atoms with Crippen molar-refractivity contribution < 1.29 is 22.9 Å². The van der Waals surface area contributed by atoms with Crippen LogP contribution in [-0.4, -0.2) is 21.6 Å². The van der Waals surface area contributed by atoms with E-state index in [1.807, 2.05) is 6.07 Å². The van der Waals surface area contributed by atoms with Crippen molar-refractivity contribution in [2.45, 2.75) is 36.9 Å². The Kier molecular flexibility index (Phi) is 6.26. The number of carbonyl (C=O) groups is 1. The van der Waals surface area contributed by atoms with Gasteiger partial charge >= 0.3 is 6.18 Å². The normalized spacial score (nSPS) is 13.3. The van der Waals surface area contributed by atoms with Gasteiger partial charge in [0, 0.05) is 17.8 Å². The quantitative estimate of drug-likeness (QED) is 0.420. The Labute approximate surface area is 173 Å². The molecule has 2 aromatic rings. The third kappa shape index (κ3) is 4.88. The highest BCUT2D eigenvalue weighted by molar-refractivity contribution is 8.00. The molecule has 1 heterocycles. The molecular formula is C19H15F3N4O3S. The van der Waals surface area contributed by atoms with Crippen LogP contribution in [0, 0.1) is 21.4 Å². The number of nitro groups is 1. The second kappa shape index (κ2) is 8.71. The minimum absolute atomic E-state index is 0.269. The third-order valence-corrected chi connectivity index (χ3v) is 5.51. The van der Waals surface area contributed by atoms with Crippen LogP contribution in [0.2, 0.25) is 0 Å². The van der Waals surface area contributed by atoms with Crippen molar-refractivity contribution in [1.82, 2.24) is 4.98 Å². The van der Waals surface area contributed by atoms with Gasteiger partial charge in [0.05, 0.1) is 27.5 Å². The molecule has 7 nitrogen and oxygen atoms in total. The summed E-state index contributed by atoms with van der Waals surface area (Å²) in [6, 6.07) is 5.90. The van der Waals surface area contributed by atoms with Crippen molar-refractivity contribution in [1.29, 1.82) is 5.26 Å². The van der Waals surface area contributed by atoms with Crippen LogP contribution in [0.15, 0.2) is 29.3 Å². The van der Waals surface area contributed by atoms with Gasteiger partial charge in [0.2, 0.25) is 5.91 Å². The predicted molar refractivity (Wildman–Crippen MR) is 103 cm³/mol. The lowest BCUT2D eigenvalue weighted by Gasteiger charge is -2.16. The van der Waals surface area contributed by atoms with Crippen LogP contribution in [0.5, 0.6) is 0 Å². The standard InChI is InChI=1S/C19H15F3N4O3S/c20-19(21,22)14-8-13(26(28)29)5-6-16(14)24-17(27)10-30-18-12(9-23)7-11-3-1-2-4-15(11)25-18/h5-8H,1-4,10H2,(H,24,27). The number of hydrogen-bond donors (Lipinski definition) is 1. The minimum atomic E-state index is -4.88. The molecule has 0 unspecified atom stereocenters. The van der Waals surface area contributed by atoms with E-state index in [4.69, 9.17) is 0 Å². The van der Waals surface area contributed by atoms with E-state index < -0.39 is 33.9 Å². The molecule has 1 aliphatic rings. The first kappa shape index (κ1) is 21.6. The number of nitriles is 1. The Balaban J connectivity index is 1.76. The van der Waals surface area contributed by atoms with E-state index in [1.54, 1.807) is 6.07 Å². The van der Waals surface area contributed by atoms with Crippen LogP contribution in [0.3, 0.4) is 0 Å². The van der Waals surface area contributed by atoms with Crippen LogP contribution in [0.1, 0.15) is 35.2 Å². The Morgan fingerprint density at radius 1 is 1.30 bits per heavy atom. The van der Waals surface area contributed by atoms with Crippen LogP contribution < -0.4 is 5.32 Å². The second-order valence-corrected chi connectivity index (χ2v) is 7.55. The highest BCUT2D eigenvalue weighted by Crippen LogP contribution is 2.37. The summed E-state index contributed by atoms with van der Waals surface area (Å²) in [4.78, 5) is 26.5. The number of aryl methyl sites for hydroxylation is 2. The second-order valence-electron chi connectivity index (χ2n) is 6.59. The molecule has 1 aliphatic carbocycles. The SMILES string of the molecule is N#Cc1cc2c(nc1SCC(=O)Nc1ccc([N+](=O)[O-])cc1C(F)(F)F)CCCC2. The summed E-state index contributed by atoms with van der Waals surface area (Å²) in [5.41, 5.74) is -0.408. The fraction of sp³-hybridized carbons (Fsp3) is 0.316. The van der Waals surface area contributed by atoms with Gasteiger partial charge in [-0.05, 0) is 43.4 Å². The van der Waals surface area contributed by atoms with Crippen molar-refractivity contribution in [3.05, 3.63) is 56.8 Å². The summed E-state index contributed by atoms with van der Waals surface area (Å²) in [5.74, 6) is -1.02. The highest BCUT2D eigenvalue weighted by atomic mass is 32.2. The van der Waals surface area contributed by atoms with Crippen molar-refractivity contribution in [2.24, 2.45) is 0 Å². The lowest BCUT2D eigenvalue weighted by Crippen LogP contribution is -2.18. The zero-order chi connectivity index (χ0) is 21.9. The van der Waals surface area contributed by atoms with E-state index in [9.17, 15) is 33.3 Å². The maximum Gasteiger partial charge on any atom is 0.418 e. The van der Waals surface area contributed by atoms with Gasteiger partial charge in [-0.25, -0.2) is 4.98 Å². The number of aromatic nitrogens is 1. The van der Waals surface area contributed by atoms with E-state index in [0.29, 0.717) is 16.7 Å². The number of thioether (sulfide) groups is 1. The number of nitro benzene ring substituents is 1. The van der Waals surface area contributed by atoms with Gasteiger partial charge in [-0.3, -0.25) is 14.9 Å². The monoisotopic (exact) mass is 436 g/mol. The first-order valence-corrected chi connectivity index (χ1v) is 9.89. The number of pyridine rings is 1. The van der Waals surface area contributed by atoms with E-state index in [0.717, 1.165) is 60.8 Å². The highest BCUT2D eigenvalue weighted by Gasteiger charge is 2.35. The number of carbonyl (C=O) groups excluding carboxylic acids is 1. The van der Waals surface area contributed by atoms with Gasteiger partial charge in [0.15, 0.2) is 0 Å². The molecule has 3 rings (SSSR count). The number of anilines is 1. The maximum atomic E-state index is 13.2. The molecular weight excluding hydrogens is 421 g/mol. The van der Waals surface area contributed by atoms with E-state index in [2.05, 4.69) is 10.3 Å². The zero-order valence-electron chi connectivity index (χ0n) is 15.5. The molecule has 11 heteroatoms. The van der Waals surface area contributed by atoms with Gasteiger partial charge in [-0.15, -0.1) is 0 Å². The largest absolute Gasteiger partial charge is 0.418 e. The first-order valence-electron chi connectivity index (χ1n) is 8.90. The zero-order valence-corrected chi connectivity index (χ0v) is 16.3. The summed E-state index contributed by atoms with van der Waals surface area (Å²) >= 11 is 0.958. The molecule has 0 atom stereocenters. The van der Waals surface area contributed by atoms with Gasteiger partial charge in [-0.2, -0.15) is 18.4 Å². The number of alkyl halides is 3. The average Bonchev–Trinajstić information content (AvgIpc) is 2.70. The molecule has 156 valence electrons. The third-order valence-electron chi connectivity index (χ3n) is 4.52. The number of rotatable bonds is 5. The minimum Gasteiger partial charge on any atom is -0.325 e. The molecule has 0 fully saturated rings. The number of amides is 1. The first-order chi connectivity index (χ1) is 14.2. The lowest BCUT2D eigenvalue weighted by atomic mass is 9.95. The summed E-state index contributed by atoms with van der Waals surface area (Å²) in [6.07, 6.45) is -1.26. The topological polar surface area (TPSA) is 109 Å². The van der Waals surface area contributed by atoms with Crippen molar-refractivity contribution >= 4 is 29.0 Å². The Morgan fingerprint density at radius 2 is 2.03 bits per heavy atom. The number of benzene rings is 1. The average molecular weight is 436 g/mol. The molecule has 0 bridgehead atoms. The molecule has 0 aliphatic heterocycles. The van der Waals surface area contributed by atoms with E-state index >= 15 is 0 Å². The summed E-state index contributed by atoms with van der Waals surface area (Å²) < 4.78 is 39.7. The Morgan fingerprint density at radius 3 is 2.70 bits per heavy atom. The number of fused-ring (bicyclic) bond motifs is 1. The van der Waals surface area contributed by atoms with Gasteiger partial charge in [-0.1, -0.05) is 11.8 Å². The van der Waals surface area contributed by atoms with Crippen LogP contribution in [0.25, 0.3) is 0 Å². The molecule has 0 spiro atoms. The van der Waals surface area contributed by atoms with Crippen molar-refractivity contribution in [3.8, 4) is 6.07 Å². The fourth-order valence-corrected chi connectivity index (χ4v) is 3.89. The van der Waals surface area contributed by atoms with Crippen molar-refractivity contribution in [3.63, 3.8) is 0 Å². The Bertz CT molecular complexity index is 1050. The van der Waals surface area contributed by atoms with Crippen LogP contribution in [0.4, 0.5) is 24.5 Å². The number of non-ortho nitro benzene ring substituents is 1. The molecule has 0 saturated carbocycles. The van der Waals surface area contributed by atoms with E-state index in [1.165, 1.54) is 0 Å². The van der Waals surface area contributed by atoms with Gasteiger partial charge < -0.3 is 5.32 Å². The van der Waals surface area contributed by atoms with Crippen LogP contribution in [-0.2, 0) is 23.8 Å². The Hall–Kier alpha value is -3.13. The molecule has 1 amide bonds. The molecule has 1 N–H and O–H groups in total. The summed E-state index contributed by atoms with van der Waals surface area (Å²) in [6.45, 7) is 0. The van der Waals surface area contributed by atoms with Gasteiger partial charge in [0.25, 0.3) is 5.69 Å². The number of nitrogens with zero attached hydrogens (tertiary/aromatic N) is 3. The predicted octanol–water partition coefficient (Wildman–Crippen LogP) is 4.49. The molecule has 1 aromatic heterocycles. The smallest absolute Gasteiger partial charge is 0.325 e. The molecule has 0 radical (unpaired) electrons. The number of halogens is 3. The van der Waals surface area contributed by atoms with E-state index in [-0.39, 0.29) is 5.75 Å². The summed E-state index contributed by atoms with van der Waals surface area (Å²) in [7, 11) is 0. The number of hydrogen-bond acceptors (Lipinski definition) is 6. The summed E-state index contributed by atoms with van der Waals surface area (Å²) in [5, 5.41) is 22.6. The number of nitrogens with one attached hydrogen (secondary N) is 1. The lowest BCUT2D eigenvalue weighted by molar-refractivity contribution is -0.385. The molecule has 1 aromatic carbocycles. The molecule has 0 saturated heterocycles. The molecule has 30 heavy (non-hydrogen) atoms. The van der Waals surface area contributed by atoms with Crippen molar-refractivity contribution in [2.75, 3.05) is 11.1 Å². The maximum absolute atomic E-state index is 13.2.